The van der Waals surface area contributed by atoms with Gasteiger partial charge in [-0.05, 0) is 39.2 Å². The van der Waals surface area contributed by atoms with E-state index in [4.69, 9.17) is 0 Å². The van der Waals surface area contributed by atoms with Crippen molar-refractivity contribution >= 4 is 0 Å². The molecule has 1 fully saturated rings. The Balaban J connectivity index is 2.51. The predicted molar refractivity (Wildman–Crippen MR) is 55.7 cm³/mol. The number of hydrogen-bond donors (Lipinski definition) is 1. The molecule has 0 aromatic carbocycles. The molecular weight excluding hydrogens is 162 g/mol. The number of rotatable bonds is 2. The summed E-state index contributed by atoms with van der Waals surface area (Å²) >= 11 is 0. The van der Waals surface area contributed by atoms with E-state index in [0.717, 1.165) is 31.5 Å². The molecule has 0 spiro atoms. The molecule has 13 heavy (non-hydrogen) atoms. The number of piperidine rings is 1. The quantitative estimate of drug-likeness (QED) is 0.660. The number of aliphatic hydroxyl groups is 1. The molecular formula is C11H21NO. The van der Waals surface area contributed by atoms with Crippen LogP contribution < -0.4 is 0 Å². The third-order valence-electron chi connectivity index (χ3n) is 3.15. The summed E-state index contributed by atoms with van der Waals surface area (Å²) in [5.74, 6) is 0. The smallest absolute Gasteiger partial charge is 0.0875 e. The summed E-state index contributed by atoms with van der Waals surface area (Å²) in [5.41, 5.74) is 0.321. The van der Waals surface area contributed by atoms with Gasteiger partial charge in [-0.15, -0.1) is 0 Å². The summed E-state index contributed by atoms with van der Waals surface area (Å²) in [6.45, 7) is 12.1. The lowest BCUT2D eigenvalue weighted by Gasteiger charge is -2.40. The minimum Gasteiger partial charge on any atom is -0.385 e. The zero-order valence-electron chi connectivity index (χ0n) is 9.01. The van der Waals surface area contributed by atoms with Gasteiger partial charge in [0, 0.05) is 19.1 Å². The fourth-order valence-corrected chi connectivity index (χ4v) is 1.84. The monoisotopic (exact) mass is 183 g/mol. The zero-order chi connectivity index (χ0) is 10.1. The Morgan fingerprint density at radius 3 is 2.15 bits per heavy atom. The highest BCUT2D eigenvalue weighted by molar-refractivity contribution is 5.11. The molecule has 0 aromatic heterocycles. The van der Waals surface area contributed by atoms with Gasteiger partial charge in [-0.3, -0.25) is 0 Å². The van der Waals surface area contributed by atoms with Gasteiger partial charge < -0.3 is 10.0 Å². The maximum atomic E-state index is 10.1. The summed E-state index contributed by atoms with van der Waals surface area (Å²) in [7, 11) is 0. The molecule has 0 aliphatic carbocycles. The summed E-state index contributed by atoms with van der Waals surface area (Å²) in [6.07, 6.45) is 1.67. The highest BCUT2D eigenvalue weighted by Gasteiger charge is 2.33. The number of hydrogen-bond acceptors (Lipinski definition) is 2. The van der Waals surface area contributed by atoms with E-state index in [-0.39, 0.29) is 0 Å². The minimum atomic E-state index is -0.592. The van der Waals surface area contributed by atoms with Gasteiger partial charge in [0.2, 0.25) is 0 Å². The average molecular weight is 183 g/mol. The van der Waals surface area contributed by atoms with Crippen LogP contribution in [0.2, 0.25) is 0 Å². The van der Waals surface area contributed by atoms with Gasteiger partial charge in [0.05, 0.1) is 5.60 Å². The molecule has 0 radical (unpaired) electrons. The first-order chi connectivity index (χ1) is 5.96. The molecule has 0 unspecified atom stereocenters. The van der Waals surface area contributed by atoms with Gasteiger partial charge in [0.1, 0.15) is 0 Å². The van der Waals surface area contributed by atoms with E-state index >= 15 is 0 Å². The van der Waals surface area contributed by atoms with E-state index in [2.05, 4.69) is 25.3 Å². The second kappa shape index (κ2) is 3.81. The van der Waals surface area contributed by atoms with Crippen LogP contribution in [0.3, 0.4) is 0 Å². The molecule has 1 heterocycles. The highest BCUT2D eigenvalue weighted by Crippen LogP contribution is 2.28. The van der Waals surface area contributed by atoms with Crippen LogP contribution in [0.25, 0.3) is 0 Å². The van der Waals surface area contributed by atoms with Gasteiger partial charge in [-0.2, -0.15) is 0 Å². The van der Waals surface area contributed by atoms with Crippen molar-refractivity contribution in [1.29, 1.82) is 0 Å². The van der Waals surface area contributed by atoms with E-state index in [0.29, 0.717) is 6.04 Å². The maximum absolute atomic E-state index is 10.1. The topological polar surface area (TPSA) is 23.5 Å². The van der Waals surface area contributed by atoms with Crippen LogP contribution in [0.15, 0.2) is 12.2 Å². The average Bonchev–Trinajstić information content (AvgIpc) is 2.04. The third kappa shape index (κ3) is 2.32. The van der Waals surface area contributed by atoms with Crippen LogP contribution in [-0.4, -0.2) is 34.7 Å². The third-order valence-corrected chi connectivity index (χ3v) is 3.15. The van der Waals surface area contributed by atoms with Crippen LogP contribution in [0.1, 0.15) is 33.6 Å². The molecule has 0 saturated carbocycles. The largest absolute Gasteiger partial charge is 0.385 e. The van der Waals surface area contributed by atoms with E-state index in [1.807, 2.05) is 6.92 Å². The Morgan fingerprint density at radius 2 is 1.85 bits per heavy atom. The normalized spacial score (nSPS) is 23.5. The Kier molecular flexibility index (Phi) is 3.14. The van der Waals surface area contributed by atoms with E-state index in [9.17, 15) is 5.11 Å². The van der Waals surface area contributed by atoms with Gasteiger partial charge in [-0.25, -0.2) is 0 Å². The number of nitrogens with zero attached hydrogens (tertiary/aromatic N) is 1. The van der Waals surface area contributed by atoms with Crippen molar-refractivity contribution in [1.82, 2.24) is 4.90 Å². The van der Waals surface area contributed by atoms with Crippen molar-refractivity contribution in [3.63, 3.8) is 0 Å². The molecule has 1 saturated heterocycles. The van der Waals surface area contributed by atoms with Gasteiger partial charge >= 0.3 is 0 Å². The summed E-state index contributed by atoms with van der Waals surface area (Å²) < 4.78 is 0. The lowest BCUT2D eigenvalue weighted by atomic mass is 9.85. The van der Waals surface area contributed by atoms with Crippen molar-refractivity contribution in [2.75, 3.05) is 13.1 Å². The molecule has 0 amide bonds. The van der Waals surface area contributed by atoms with E-state index in [1.54, 1.807) is 0 Å². The molecule has 76 valence electrons. The van der Waals surface area contributed by atoms with Crippen LogP contribution in [0.4, 0.5) is 0 Å². The fourth-order valence-electron chi connectivity index (χ4n) is 1.84. The molecule has 1 aliphatic heterocycles. The molecule has 1 rings (SSSR count). The molecule has 1 N–H and O–H groups in total. The Bertz CT molecular complexity index is 190. The molecule has 0 aromatic rings. The predicted octanol–water partition coefficient (Wildman–Crippen LogP) is 1.80. The summed E-state index contributed by atoms with van der Waals surface area (Å²) in [4.78, 5) is 2.40. The van der Waals surface area contributed by atoms with Crippen molar-refractivity contribution < 1.29 is 5.11 Å². The standard InChI is InChI=1S/C11H21NO/c1-9(2)11(13)5-7-12(8-6-11)10(3)4/h10,13H,1,5-8H2,2-4H3. The molecule has 0 atom stereocenters. The Labute approximate surface area is 81.2 Å². The second-order valence-corrected chi connectivity index (χ2v) is 4.44. The molecule has 0 bridgehead atoms. The lowest BCUT2D eigenvalue weighted by molar-refractivity contribution is 0.00164. The maximum Gasteiger partial charge on any atom is 0.0875 e. The molecule has 2 heteroatoms. The first-order valence-electron chi connectivity index (χ1n) is 5.08. The molecule has 1 aliphatic rings. The second-order valence-electron chi connectivity index (χ2n) is 4.44. The molecule has 2 nitrogen and oxygen atoms in total. The number of likely N-dealkylation sites (tertiary alicyclic amines) is 1. The summed E-state index contributed by atoms with van der Waals surface area (Å²) in [5, 5.41) is 10.1. The Hall–Kier alpha value is -0.340. The van der Waals surface area contributed by atoms with Crippen molar-refractivity contribution in [3.8, 4) is 0 Å². The van der Waals surface area contributed by atoms with Crippen LogP contribution in [-0.2, 0) is 0 Å². The summed E-state index contributed by atoms with van der Waals surface area (Å²) in [6, 6.07) is 0.592. The first-order valence-corrected chi connectivity index (χ1v) is 5.08. The zero-order valence-corrected chi connectivity index (χ0v) is 9.01. The van der Waals surface area contributed by atoms with Gasteiger partial charge in [-0.1, -0.05) is 6.58 Å². The van der Waals surface area contributed by atoms with Crippen LogP contribution in [0, 0.1) is 0 Å². The van der Waals surface area contributed by atoms with Gasteiger partial charge in [0.25, 0.3) is 0 Å². The van der Waals surface area contributed by atoms with Crippen LogP contribution >= 0.6 is 0 Å². The minimum absolute atomic E-state index is 0.592. The van der Waals surface area contributed by atoms with E-state index < -0.39 is 5.60 Å². The van der Waals surface area contributed by atoms with Crippen LogP contribution in [0.5, 0.6) is 0 Å². The van der Waals surface area contributed by atoms with Gasteiger partial charge in [0.15, 0.2) is 0 Å². The Morgan fingerprint density at radius 1 is 1.38 bits per heavy atom. The van der Waals surface area contributed by atoms with Crippen molar-refractivity contribution in [2.45, 2.75) is 45.3 Å². The SMILES string of the molecule is C=C(C)C1(O)CCN(C(C)C)CC1. The van der Waals surface area contributed by atoms with E-state index in [1.165, 1.54) is 0 Å². The highest BCUT2D eigenvalue weighted by atomic mass is 16.3. The van der Waals surface area contributed by atoms with Crippen molar-refractivity contribution in [3.05, 3.63) is 12.2 Å². The van der Waals surface area contributed by atoms with Crippen molar-refractivity contribution in [2.24, 2.45) is 0 Å². The lowest BCUT2D eigenvalue weighted by Crippen LogP contribution is -2.47. The first kappa shape index (κ1) is 10.7. The fraction of sp³-hybridized carbons (Fsp3) is 0.818.